The largest absolute Gasteiger partial charge is 0.326 e. The summed E-state index contributed by atoms with van der Waals surface area (Å²) in [6, 6.07) is 3.53. The zero-order chi connectivity index (χ0) is 13.3. The third-order valence-electron chi connectivity index (χ3n) is 2.94. The first kappa shape index (κ1) is 16.8. The molecule has 0 heterocycles. The van der Waals surface area contributed by atoms with Gasteiger partial charge in [-0.2, -0.15) is 0 Å². The standard InChI is InChI=1S/C11H14BrFN2O2S.ClH/c12-9-4-3-8(5-10(9)13)18(16,17)15-6-11(14)7-1-2-7;/h3-5,7,11,15H,1-2,6,14H2;1H. The Bertz CT molecular complexity index is 552. The zero-order valence-corrected chi connectivity index (χ0v) is 13.2. The summed E-state index contributed by atoms with van der Waals surface area (Å²) in [5.74, 6) is -0.196. The van der Waals surface area contributed by atoms with Crippen LogP contribution in [0.1, 0.15) is 12.8 Å². The fourth-order valence-corrected chi connectivity index (χ4v) is 2.96. The van der Waals surface area contributed by atoms with Crippen LogP contribution in [0, 0.1) is 11.7 Å². The van der Waals surface area contributed by atoms with Crippen LogP contribution in [-0.4, -0.2) is 21.0 Å². The molecule has 3 N–H and O–H groups in total. The summed E-state index contributed by atoms with van der Waals surface area (Å²) in [6.45, 7) is 0.185. The van der Waals surface area contributed by atoms with Crippen molar-refractivity contribution >= 4 is 38.4 Å². The van der Waals surface area contributed by atoms with Gasteiger partial charge >= 0.3 is 0 Å². The van der Waals surface area contributed by atoms with Crippen LogP contribution in [0.5, 0.6) is 0 Å². The lowest BCUT2D eigenvalue weighted by Gasteiger charge is -2.12. The monoisotopic (exact) mass is 372 g/mol. The topological polar surface area (TPSA) is 72.2 Å². The second kappa shape index (κ2) is 6.49. The van der Waals surface area contributed by atoms with Crippen LogP contribution in [0.25, 0.3) is 0 Å². The number of halogens is 3. The smallest absolute Gasteiger partial charge is 0.240 e. The van der Waals surface area contributed by atoms with E-state index in [1.807, 2.05) is 0 Å². The maximum Gasteiger partial charge on any atom is 0.240 e. The van der Waals surface area contributed by atoms with Crippen molar-refractivity contribution in [3.63, 3.8) is 0 Å². The van der Waals surface area contributed by atoms with Crippen molar-refractivity contribution in [3.05, 3.63) is 28.5 Å². The van der Waals surface area contributed by atoms with Crippen molar-refractivity contribution in [1.29, 1.82) is 0 Å². The molecule has 0 bridgehead atoms. The Morgan fingerprint density at radius 1 is 1.47 bits per heavy atom. The van der Waals surface area contributed by atoms with Crippen LogP contribution >= 0.6 is 28.3 Å². The van der Waals surface area contributed by atoms with Gasteiger partial charge in [0.15, 0.2) is 0 Å². The SMILES string of the molecule is Cl.NC(CNS(=O)(=O)c1ccc(Br)c(F)c1)C1CC1. The minimum absolute atomic E-state index is 0. The molecule has 108 valence electrons. The van der Waals surface area contributed by atoms with E-state index in [0.29, 0.717) is 5.92 Å². The van der Waals surface area contributed by atoms with Gasteiger partial charge in [0.05, 0.1) is 9.37 Å². The number of hydrogen-bond donors (Lipinski definition) is 2. The highest BCUT2D eigenvalue weighted by Crippen LogP contribution is 2.31. The van der Waals surface area contributed by atoms with E-state index in [0.717, 1.165) is 18.9 Å². The lowest BCUT2D eigenvalue weighted by molar-refractivity contribution is 0.546. The number of benzene rings is 1. The molecule has 0 spiro atoms. The van der Waals surface area contributed by atoms with Gasteiger partial charge in [-0.15, -0.1) is 12.4 Å². The number of nitrogens with two attached hydrogens (primary N) is 1. The van der Waals surface area contributed by atoms with Gasteiger partial charge in [0.2, 0.25) is 10.0 Å². The maximum absolute atomic E-state index is 13.3. The lowest BCUT2D eigenvalue weighted by atomic mass is 10.2. The van der Waals surface area contributed by atoms with E-state index in [9.17, 15) is 12.8 Å². The Labute approximate surface area is 126 Å². The molecule has 1 fully saturated rings. The number of rotatable bonds is 5. The Morgan fingerprint density at radius 3 is 2.63 bits per heavy atom. The molecule has 19 heavy (non-hydrogen) atoms. The molecule has 0 radical (unpaired) electrons. The number of nitrogens with one attached hydrogen (secondary N) is 1. The van der Waals surface area contributed by atoms with Crippen LogP contribution < -0.4 is 10.5 Å². The Balaban J connectivity index is 0.00000180. The molecule has 1 aliphatic rings. The second-order valence-electron chi connectivity index (χ2n) is 4.43. The van der Waals surface area contributed by atoms with Crippen molar-refractivity contribution in [2.45, 2.75) is 23.8 Å². The van der Waals surface area contributed by atoms with Gasteiger partial charge in [0.25, 0.3) is 0 Å². The molecule has 8 heteroatoms. The number of hydrogen-bond acceptors (Lipinski definition) is 3. The van der Waals surface area contributed by atoms with Crippen molar-refractivity contribution in [3.8, 4) is 0 Å². The molecule has 0 saturated heterocycles. The quantitative estimate of drug-likeness (QED) is 0.829. The zero-order valence-electron chi connectivity index (χ0n) is 9.97. The molecule has 1 aromatic rings. The molecule has 0 aliphatic heterocycles. The van der Waals surface area contributed by atoms with Crippen molar-refractivity contribution in [2.24, 2.45) is 11.7 Å². The molecule has 2 rings (SSSR count). The van der Waals surface area contributed by atoms with Crippen LogP contribution in [0.4, 0.5) is 4.39 Å². The summed E-state index contributed by atoms with van der Waals surface area (Å²) in [4.78, 5) is -0.0915. The normalized spacial score (nSPS) is 16.8. The average molecular weight is 374 g/mol. The van der Waals surface area contributed by atoms with Crippen LogP contribution in [0.15, 0.2) is 27.6 Å². The molecule has 0 amide bonds. The highest BCUT2D eigenvalue weighted by atomic mass is 79.9. The predicted molar refractivity (Wildman–Crippen MR) is 77.2 cm³/mol. The summed E-state index contributed by atoms with van der Waals surface area (Å²) in [5.41, 5.74) is 5.81. The fraction of sp³-hybridized carbons (Fsp3) is 0.455. The third-order valence-corrected chi connectivity index (χ3v) is 5.00. The first-order valence-electron chi connectivity index (χ1n) is 5.60. The molecular weight excluding hydrogens is 359 g/mol. The lowest BCUT2D eigenvalue weighted by Crippen LogP contribution is -2.38. The van der Waals surface area contributed by atoms with Gasteiger partial charge in [-0.25, -0.2) is 17.5 Å². The van der Waals surface area contributed by atoms with Gasteiger partial charge in [-0.1, -0.05) is 0 Å². The van der Waals surface area contributed by atoms with E-state index in [2.05, 4.69) is 20.7 Å². The first-order chi connectivity index (χ1) is 8.40. The van der Waals surface area contributed by atoms with Gasteiger partial charge in [-0.3, -0.25) is 0 Å². The summed E-state index contributed by atoms with van der Waals surface area (Å²) >= 11 is 2.98. The second-order valence-corrected chi connectivity index (χ2v) is 7.05. The minimum Gasteiger partial charge on any atom is -0.326 e. The Hall–Kier alpha value is -0.210. The van der Waals surface area contributed by atoms with Gasteiger partial charge < -0.3 is 5.73 Å². The summed E-state index contributed by atoms with van der Waals surface area (Å²) in [7, 11) is -3.69. The van der Waals surface area contributed by atoms with Gasteiger partial charge in [0.1, 0.15) is 5.82 Å². The van der Waals surface area contributed by atoms with Crippen LogP contribution in [-0.2, 0) is 10.0 Å². The highest BCUT2D eigenvalue weighted by molar-refractivity contribution is 9.10. The van der Waals surface area contributed by atoms with Crippen molar-refractivity contribution < 1.29 is 12.8 Å². The average Bonchev–Trinajstić information content (AvgIpc) is 3.13. The molecular formula is C11H15BrClFN2O2S. The highest BCUT2D eigenvalue weighted by Gasteiger charge is 2.29. The first-order valence-corrected chi connectivity index (χ1v) is 7.88. The third kappa shape index (κ3) is 4.39. The van der Waals surface area contributed by atoms with E-state index in [1.54, 1.807) is 0 Å². The van der Waals surface area contributed by atoms with Crippen LogP contribution in [0.2, 0.25) is 0 Å². The van der Waals surface area contributed by atoms with E-state index in [-0.39, 0.29) is 34.4 Å². The van der Waals surface area contributed by atoms with E-state index < -0.39 is 15.8 Å². The summed E-state index contributed by atoms with van der Waals surface area (Å²) in [5, 5.41) is 0. The number of sulfonamides is 1. The molecule has 4 nitrogen and oxygen atoms in total. The summed E-state index contributed by atoms with van der Waals surface area (Å²) in [6.07, 6.45) is 2.10. The Kier molecular flexibility index (Phi) is 5.76. The molecule has 1 unspecified atom stereocenters. The van der Waals surface area contributed by atoms with Gasteiger partial charge in [-0.05, 0) is 52.9 Å². The minimum atomic E-state index is -3.69. The van der Waals surface area contributed by atoms with E-state index in [1.165, 1.54) is 12.1 Å². The molecule has 0 aromatic heterocycles. The fourth-order valence-electron chi connectivity index (χ4n) is 1.62. The molecule has 1 aliphatic carbocycles. The van der Waals surface area contributed by atoms with E-state index >= 15 is 0 Å². The molecule has 1 atom stereocenters. The van der Waals surface area contributed by atoms with Crippen LogP contribution in [0.3, 0.4) is 0 Å². The van der Waals surface area contributed by atoms with Gasteiger partial charge in [0, 0.05) is 12.6 Å². The maximum atomic E-state index is 13.3. The van der Waals surface area contributed by atoms with Crippen molar-refractivity contribution in [2.75, 3.05) is 6.54 Å². The molecule has 1 aromatic carbocycles. The Morgan fingerprint density at radius 2 is 2.11 bits per heavy atom. The summed E-state index contributed by atoms with van der Waals surface area (Å²) < 4.78 is 39.7. The van der Waals surface area contributed by atoms with Crippen molar-refractivity contribution in [1.82, 2.24) is 4.72 Å². The predicted octanol–water partition coefficient (Wildman–Crippen LogP) is 2.03. The molecule has 1 saturated carbocycles. The van der Waals surface area contributed by atoms with E-state index in [4.69, 9.17) is 5.73 Å².